The van der Waals surface area contributed by atoms with E-state index < -0.39 is 0 Å². The van der Waals surface area contributed by atoms with Crippen molar-refractivity contribution in [1.82, 2.24) is 4.90 Å². The molecule has 0 aliphatic rings. The Bertz CT molecular complexity index is 487. The van der Waals surface area contributed by atoms with Crippen molar-refractivity contribution in [2.45, 2.75) is 26.0 Å². The highest BCUT2D eigenvalue weighted by atomic mass is 16.5. The molecular formula is C15H23N3O3. The Kier molecular flexibility index (Phi) is 6.84. The molecular weight excluding hydrogens is 270 g/mol. The number of nitrogens with two attached hydrogens (primary N) is 1. The zero-order valence-corrected chi connectivity index (χ0v) is 12.8. The molecule has 0 saturated carbocycles. The highest BCUT2D eigenvalue weighted by molar-refractivity contribution is 5.91. The van der Waals surface area contributed by atoms with Gasteiger partial charge in [-0.1, -0.05) is 12.1 Å². The van der Waals surface area contributed by atoms with Crippen molar-refractivity contribution in [1.29, 1.82) is 0 Å². The van der Waals surface area contributed by atoms with E-state index in [4.69, 9.17) is 10.5 Å². The molecule has 0 heterocycles. The number of amides is 2. The zero-order chi connectivity index (χ0) is 15.8. The number of nitrogens with zero attached hydrogens (tertiary/aromatic N) is 1. The summed E-state index contributed by atoms with van der Waals surface area (Å²) < 4.78 is 5.08. The van der Waals surface area contributed by atoms with Gasteiger partial charge in [0.25, 0.3) is 0 Å². The zero-order valence-electron chi connectivity index (χ0n) is 12.8. The van der Waals surface area contributed by atoms with Gasteiger partial charge in [-0.15, -0.1) is 0 Å². The maximum Gasteiger partial charge on any atom is 0.227 e. The van der Waals surface area contributed by atoms with Crippen LogP contribution in [0.5, 0.6) is 0 Å². The van der Waals surface area contributed by atoms with Crippen LogP contribution >= 0.6 is 0 Å². The number of ether oxygens (including phenoxy) is 1. The maximum absolute atomic E-state index is 11.9. The van der Waals surface area contributed by atoms with Crippen molar-refractivity contribution >= 4 is 17.5 Å². The fraction of sp³-hybridized carbons (Fsp3) is 0.467. The van der Waals surface area contributed by atoms with Crippen LogP contribution in [0.1, 0.15) is 18.9 Å². The van der Waals surface area contributed by atoms with E-state index >= 15 is 0 Å². The van der Waals surface area contributed by atoms with Crippen LogP contribution in [0.2, 0.25) is 0 Å². The van der Waals surface area contributed by atoms with Gasteiger partial charge in [-0.05, 0) is 17.7 Å². The number of hydrogen-bond donors (Lipinski definition) is 2. The fourth-order valence-electron chi connectivity index (χ4n) is 1.81. The van der Waals surface area contributed by atoms with Gasteiger partial charge in [0.2, 0.25) is 11.8 Å². The summed E-state index contributed by atoms with van der Waals surface area (Å²) in [4.78, 5) is 24.7. The molecule has 2 amide bonds. The molecule has 1 rings (SSSR count). The van der Waals surface area contributed by atoms with E-state index in [1.807, 2.05) is 18.2 Å². The number of hydrogen-bond acceptors (Lipinski definition) is 4. The summed E-state index contributed by atoms with van der Waals surface area (Å²) in [7, 11) is 3.26. The topological polar surface area (TPSA) is 84.7 Å². The summed E-state index contributed by atoms with van der Waals surface area (Å²) in [6.45, 7) is 2.32. The van der Waals surface area contributed by atoms with E-state index in [0.717, 1.165) is 5.56 Å². The Labute approximate surface area is 125 Å². The Morgan fingerprint density at radius 3 is 2.71 bits per heavy atom. The van der Waals surface area contributed by atoms with Gasteiger partial charge in [-0.25, -0.2) is 0 Å². The molecule has 0 radical (unpaired) electrons. The van der Waals surface area contributed by atoms with Gasteiger partial charge in [0.15, 0.2) is 0 Å². The van der Waals surface area contributed by atoms with Crippen LogP contribution in [-0.2, 0) is 20.9 Å². The summed E-state index contributed by atoms with van der Waals surface area (Å²) in [5.74, 6) is -0.153. The molecule has 0 fully saturated rings. The van der Waals surface area contributed by atoms with Crippen molar-refractivity contribution in [2.75, 3.05) is 26.0 Å². The van der Waals surface area contributed by atoms with Crippen molar-refractivity contribution in [2.24, 2.45) is 5.73 Å². The highest BCUT2D eigenvalue weighted by Gasteiger charge is 2.12. The van der Waals surface area contributed by atoms with Crippen LogP contribution in [0.25, 0.3) is 0 Å². The molecule has 3 N–H and O–H groups in total. The SMILES string of the molecule is COC(CN)CC(=O)Nc1cccc(CN(C)C(C)=O)c1. The first-order chi connectivity index (χ1) is 9.96. The third-order valence-corrected chi connectivity index (χ3v) is 3.18. The minimum absolute atomic E-state index is 0.00433. The molecule has 1 aromatic carbocycles. The smallest absolute Gasteiger partial charge is 0.227 e. The standard InChI is InChI=1S/C15H23N3O3/c1-11(19)18(2)10-12-5-4-6-13(7-12)17-15(20)8-14(9-16)21-3/h4-7,14H,8-10,16H2,1-3H3,(H,17,20). The minimum atomic E-state index is -0.281. The monoisotopic (exact) mass is 293 g/mol. The first kappa shape index (κ1) is 17.1. The van der Waals surface area contributed by atoms with E-state index in [1.165, 1.54) is 14.0 Å². The number of benzene rings is 1. The second-order valence-corrected chi connectivity index (χ2v) is 4.92. The van der Waals surface area contributed by atoms with Gasteiger partial charge >= 0.3 is 0 Å². The molecule has 1 aromatic rings. The van der Waals surface area contributed by atoms with Crippen LogP contribution in [0.15, 0.2) is 24.3 Å². The van der Waals surface area contributed by atoms with Gasteiger partial charge in [-0.2, -0.15) is 0 Å². The van der Waals surface area contributed by atoms with Gasteiger partial charge in [0, 0.05) is 39.9 Å². The Hall–Kier alpha value is -1.92. The largest absolute Gasteiger partial charge is 0.380 e. The lowest BCUT2D eigenvalue weighted by Crippen LogP contribution is -2.28. The summed E-state index contributed by atoms with van der Waals surface area (Å²) >= 11 is 0. The quantitative estimate of drug-likeness (QED) is 0.784. The molecule has 0 bridgehead atoms. The van der Waals surface area contributed by atoms with E-state index in [9.17, 15) is 9.59 Å². The van der Waals surface area contributed by atoms with E-state index in [2.05, 4.69) is 5.32 Å². The molecule has 0 spiro atoms. The van der Waals surface area contributed by atoms with E-state index in [0.29, 0.717) is 18.8 Å². The number of anilines is 1. The van der Waals surface area contributed by atoms with Gasteiger partial charge in [0.1, 0.15) is 0 Å². The van der Waals surface area contributed by atoms with Crippen LogP contribution < -0.4 is 11.1 Å². The fourth-order valence-corrected chi connectivity index (χ4v) is 1.81. The van der Waals surface area contributed by atoms with Crippen molar-refractivity contribution < 1.29 is 14.3 Å². The number of rotatable bonds is 7. The molecule has 116 valence electrons. The third-order valence-electron chi connectivity index (χ3n) is 3.18. The summed E-state index contributed by atoms with van der Waals surface area (Å²) in [6.07, 6.45) is -0.0677. The van der Waals surface area contributed by atoms with Gasteiger partial charge in [-0.3, -0.25) is 9.59 Å². The lowest BCUT2D eigenvalue weighted by Gasteiger charge is -2.16. The molecule has 0 aliphatic heterocycles. The lowest BCUT2D eigenvalue weighted by molar-refractivity contribution is -0.128. The second-order valence-electron chi connectivity index (χ2n) is 4.92. The molecule has 0 aliphatic carbocycles. The van der Waals surface area contributed by atoms with Crippen molar-refractivity contribution in [3.05, 3.63) is 29.8 Å². The molecule has 6 heteroatoms. The average molecular weight is 293 g/mol. The molecule has 1 unspecified atom stereocenters. The Balaban J connectivity index is 2.64. The summed E-state index contributed by atoms with van der Waals surface area (Å²) in [5, 5.41) is 2.81. The number of nitrogens with one attached hydrogen (secondary N) is 1. The van der Waals surface area contributed by atoms with Crippen LogP contribution in [0, 0.1) is 0 Å². The van der Waals surface area contributed by atoms with Gasteiger partial charge < -0.3 is 20.7 Å². The van der Waals surface area contributed by atoms with Crippen molar-refractivity contribution in [3.63, 3.8) is 0 Å². The number of carbonyl (C=O) groups excluding carboxylic acids is 2. The third kappa shape index (κ3) is 5.93. The van der Waals surface area contributed by atoms with Gasteiger partial charge in [0.05, 0.1) is 12.5 Å². The lowest BCUT2D eigenvalue weighted by atomic mass is 10.1. The van der Waals surface area contributed by atoms with Crippen molar-refractivity contribution in [3.8, 4) is 0 Å². The Morgan fingerprint density at radius 1 is 1.43 bits per heavy atom. The molecule has 0 saturated heterocycles. The van der Waals surface area contributed by atoms with Crippen LogP contribution in [-0.4, -0.2) is 43.5 Å². The summed E-state index contributed by atoms with van der Waals surface area (Å²) in [5.41, 5.74) is 7.14. The molecule has 1 atom stereocenters. The maximum atomic E-state index is 11.9. The number of methoxy groups -OCH3 is 1. The van der Waals surface area contributed by atoms with Crippen LogP contribution in [0.3, 0.4) is 0 Å². The Morgan fingerprint density at radius 2 is 2.14 bits per heavy atom. The normalized spacial score (nSPS) is 11.8. The highest BCUT2D eigenvalue weighted by Crippen LogP contribution is 2.13. The minimum Gasteiger partial charge on any atom is -0.380 e. The average Bonchev–Trinajstić information content (AvgIpc) is 2.44. The van der Waals surface area contributed by atoms with E-state index in [-0.39, 0.29) is 24.3 Å². The number of carbonyl (C=O) groups is 2. The molecule has 0 aromatic heterocycles. The molecule has 21 heavy (non-hydrogen) atoms. The van der Waals surface area contributed by atoms with E-state index in [1.54, 1.807) is 18.0 Å². The second kappa shape index (κ2) is 8.39. The molecule has 6 nitrogen and oxygen atoms in total. The predicted molar refractivity (Wildman–Crippen MR) is 81.7 cm³/mol. The predicted octanol–water partition coefficient (Wildman–Crippen LogP) is 0.967. The first-order valence-corrected chi connectivity index (χ1v) is 6.79. The summed E-state index contributed by atoms with van der Waals surface area (Å²) in [6, 6.07) is 7.41. The van der Waals surface area contributed by atoms with Crippen LogP contribution in [0.4, 0.5) is 5.69 Å². The first-order valence-electron chi connectivity index (χ1n) is 6.79.